The van der Waals surface area contributed by atoms with E-state index in [0.717, 1.165) is 16.0 Å². The zero-order valence-electron chi connectivity index (χ0n) is 10.6. The van der Waals surface area contributed by atoms with Crippen LogP contribution in [-0.4, -0.2) is 18.5 Å². The van der Waals surface area contributed by atoms with Gasteiger partial charge < -0.3 is 5.73 Å². The SMILES string of the molecule is CN(Cc1cc(Br)cs1)C(CN)c1ccc(Cl)cc1. The average Bonchev–Trinajstić information content (AvgIpc) is 2.78. The number of nitrogens with zero attached hydrogens (tertiary/aromatic N) is 1. The van der Waals surface area contributed by atoms with Crippen LogP contribution in [0, 0.1) is 0 Å². The lowest BCUT2D eigenvalue weighted by atomic mass is 10.1. The van der Waals surface area contributed by atoms with Crippen LogP contribution in [0.25, 0.3) is 0 Å². The minimum Gasteiger partial charge on any atom is -0.329 e. The normalized spacial score (nSPS) is 12.9. The molecule has 0 saturated carbocycles. The second-order valence-electron chi connectivity index (χ2n) is 4.45. The summed E-state index contributed by atoms with van der Waals surface area (Å²) in [7, 11) is 2.10. The topological polar surface area (TPSA) is 29.3 Å². The Morgan fingerprint density at radius 1 is 1.37 bits per heavy atom. The molecule has 19 heavy (non-hydrogen) atoms. The molecule has 0 saturated heterocycles. The van der Waals surface area contributed by atoms with E-state index in [9.17, 15) is 0 Å². The highest BCUT2D eigenvalue weighted by Gasteiger charge is 2.16. The largest absolute Gasteiger partial charge is 0.329 e. The van der Waals surface area contributed by atoms with Crippen molar-refractivity contribution in [3.8, 4) is 0 Å². The third-order valence-corrected chi connectivity index (χ3v) is 4.97. The number of hydrogen-bond donors (Lipinski definition) is 1. The van der Waals surface area contributed by atoms with Gasteiger partial charge in [0.2, 0.25) is 0 Å². The third-order valence-electron chi connectivity index (χ3n) is 3.04. The van der Waals surface area contributed by atoms with E-state index in [2.05, 4.69) is 39.3 Å². The van der Waals surface area contributed by atoms with E-state index in [-0.39, 0.29) is 6.04 Å². The minimum atomic E-state index is 0.207. The van der Waals surface area contributed by atoms with E-state index in [1.165, 1.54) is 10.4 Å². The fourth-order valence-corrected chi connectivity index (χ4v) is 3.69. The molecule has 1 aromatic carbocycles. The predicted molar refractivity (Wildman–Crippen MR) is 86.7 cm³/mol. The summed E-state index contributed by atoms with van der Waals surface area (Å²) in [6, 6.07) is 10.3. The number of rotatable bonds is 5. The molecule has 0 aliphatic carbocycles. The van der Waals surface area contributed by atoms with Gasteiger partial charge in [-0.25, -0.2) is 0 Å². The van der Waals surface area contributed by atoms with Gasteiger partial charge in [-0.3, -0.25) is 4.90 Å². The Hall–Kier alpha value is -0.390. The summed E-state index contributed by atoms with van der Waals surface area (Å²) >= 11 is 11.2. The summed E-state index contributed by atoms with van der Waals surface area (Å²) in [6.07, 6.45) is 0. The van der Waals surface area contributed by atoms with Gasteiger partial charge in [0.15, 0.2) is 0 Å². The summed E-state index contributed by atoms with van der Waals surface area (Å²) in [5.41, 5.74) is 7.12. The molecule has 1 atom stereocenters. The molecule has 0 aliphatic heterocycles. The molecule has 2 nitrogen and oxygen atoms in total. The third kappa shape index (κ3) is 4.04. The van der Waals surface area contributed by atoms with Crippen LogP contribution in [-0.2, 0) is 6.54 Å². The summed E-state index contributed by atoms with van der Waals surface area (Å²) < 4.78 is 1.14. The lowest BCUT2D eigenvalue weighted by Gasteiger charge is -2.27. The standard InChI is InChI=1S/C14H16BrClN2S/c1-18(8-13-6-11(15)9-19-13)14(7-17)10-2-4-12(16)5-3-10/h2-6,9,14H,7-8,17H2,1H3. The number of hydrogen-bond acceptors (Lipinski definition) is 3. The van der Waals surface area contributed by atoms with Crippen LogP contribution >= 0.6 is 38.9 Å². The monoisotopic (exact) mass is 358 g/mol. The van der Waals surface area contributed by atoms with Gasteiger partial charge in [-0.1, -0.05) is 23.7 Å². The lowest BCUT2D eigenvalue weighted by molar-refractivity contribution is 0.244. The van der Waals surface area contributed by atoms with Crippen molar-refractivity contribution in [2.75, 3.05) is 13.6 Å². The number of likely N-dealkylation sites (N-methyl/N-ethyl adjacent to an activating group) is 1. The van der Waals surface area contributed by atoms with Crippen LogP contribution in [0.15, 0.2) is 40.2 Å². The summed E-state index contributed by atoms with van der Waals surface area (Å²) in [4.78, 5) is 3.59. The van der Waals surface area contributed by atoms with Crippen LogP contribution in [0.3, 0.4) is 0 Å². The van der Waals surface area contributed by atoms with Crippen molar-refractivity contribution < 1.29 is 0 Å². The zero-order chi connectivity index (χ0) is 13.8. The molecule has 0 bridgehead atoms. The Morgan fingerprint density at radius 2 is 2.05 bits per heavy atom. The first kappa shape index (κ1) is 15.0. The Morgan fingerprint density at radius 3 is 2.58 bits per heavy atom. The van der Waals surface area contributed by atoms with Crippen molar-refractivity contribution in [1.82, 2.24) is 4.90 Å². The fourth-order valence-electron chi connectivity index (χ4n) is 2.05. The van der Waals surface area contributed by atoms with E-state index < -0.39 is 0 Å². The Labute approximate surface area is 131 Å². The van der Waals surface area contributed by atoms with E-state index in [4.69, 9.17) is 17.3 Å². The molecule has 0 aliphatic rings. The summed E-state index contributed by atoms with van der Waals surface area (Å²) in [5, 5.41) is 2.85. The Bertz CT molecular complexity index is 526. The lowest BCUT2D eigenvalue weighted by Crippen LogP contribution is -2.29. The van der Waals surface area contributed by atoms with Gasteiger partial charge in [-0.15, -0.1) is 11.3 Å². The molecule has 102 valence electrons. The van der Waals surface area contributed by atoms with Crippen molar-refractivity contribution in [2.45, 2.75) is 12.6 Å². The van der Waals surface area contributed by atoms with Crippen molar-refractivity contribution in [2.24, 2.45) is 5.73 Å². The van der Waals surface area contributed by atoms with Crippen molar-refractivity contribution in [1.29, 1.82) is 0 Å². The average molecular weight is 360 g/mol. The molecule has 5 heteroatoms. The van der Waals surface area contributed by atoms with Crippen LogP contribution < -0.4 is 5.73 Å². The molecule has 2 rings (SSSR count). The van der Waals surface area contributed by atoms with Gasteiger partial charge >= 0.3 is 0 Å². The maximum absolute atomic E-state index is 5.92. The van der Waals surface area contributed by atoms with E-state index in [0.29, 0.717) is 6.54 Å². The van der Waals surface area contributed by atoms with Crippen LogP contribution in [0.2, 0.25) is 5.02 Å². The highest BCUT2D eigenvalue weighted by Crippen LogP contribution is 2.25. The van der Waals surface area contributed by atoms with Crippen LogP contribution in [0.1, 0.15) is 16.5 Å². The molecular weight excluding hydrogens is 344 g/mol. The number of nitrogens with two attached hydrogens (primary N) is 1. The maximum atomic E-state index is 5.92. The molecule has 1 unspecified atom stereocenters. The smallest absolute Gasteiger partial charge is 0.0471 e. The molecule has 0 amide bonds. The fraction of sp³-hybridized carbons (Fsp3) is 0.286. The van der Waals surface area contributed by atoms with Crippen molar-refractivity contribution in [3.63, 3.8) is 0 Å². The van der Waals surface area contributed by atoms with Gasteiger partial charge in [0.05, 0.1) is 0 Å². The molecule has 0 radical (unpaired) electrons. The van der Waals surface area contributed by atoms with Gasteiger partial charge in [0, 0.05) is 38.9 Å². The second-order valence-corrected chi connectivity index (χ2v) is 6.80. The molecular formula is C14H16BrClN2S. The van der Waals surface area contributed by atoms with E-state index in [1.807, 2.05) is 24.3 Å². The predicted octanol–water partition coefficient (Wildman–Crippen LogP) is 4.30. The molecule has 2 aromatic rings. The Kier molecular flexibility index (Phi) is 5.42. The molecule has 0 fully saturated rings. The molecule has 1 aromatic heterocycles. The van der Waals surface area contributed by atoms with E-state index >= 15 is 0 Å². The van der Waals surface area contributed by atoms with Gasteiger partial charge in [-0.05, 0) is 46.7 Å². The van der Waals surface area contributed by atoms with Gasteiger partial charge in [-0.2, -0.15) is 0 Å². The highest BCUT2D eigenvalue weighted by molar-refractivity contribution is 9.10. The van der Waals surface area contributed by atoms with Crippen LogP contribution in [0.4, 0.5) is 0 Å². The maximum Gasteiger partial charge on any atom is 0.0471 e. The summed E-state index contributed by atoms with van der Waals surface area (Å²) in [6.45, 7) is 1.48. The molecule has 2 N–H and O–H groups in total. The molecule has 0 spiro atoms. The van der Waals surface area contributed by atoms with Gasteiger partial charge in [0.1, 0.15) is 0 Å². The molecule has 1 heterocycles. The van der Waals surface area contributed by atoms with Crippen molar-refractivity contribution >= 4 is 38.9 Å². The van der Waals surface area contributed by atoms with E-state index in [1.54, 1.807) is 11.3 Å². The van der Waals surface area contributed by atoms with Crippen molar-refractivity contribution in [3.05, 3.63) is 55.6 Å². The number of halogens is 2. The first-order valence-corrected chi connectivity index (χ1v) is 8.04. The van der Waals surface area contributed by atoms with Gasteiger partial charge in [0.25, 0.3) is 0 Å². The quantitative estimate of drug-likeness (QED) is 0.862. The highest BCUT2D eigenvalue weighted by atomic mass is 79.9. The first-order chi connectivity index (χ1) is 9.10. The second kappa shape index (κ2) is 6.86. The number of thiophene rings is 1. The summed E-state index contributed by atoms with van der Waals surface area (Å²) in [5.74, 6) is 0. The van der Waals surface area contributed by atoms with Crippen LogP contribution in [0.5, 0.6) is 0 Å². The first-order valence-electron chi connectivity index (χ1n) is 5.99. The Balaban J connectivity index is 2.10. The zero-order valence-corrected chi connectivity index (χ0v) is 13.8. The minimum absolute atomic E-state index is 0.207. The number of benzene rings is 1.